The molecule has 1 fully saturated rings. The molecule has 1 aromatic carbocycles. The predicted octanol–water partition coefficient (Wildman–Crippen LogP) is 5.38. The molecule has 2 aromatic heterocycles. The SMILES string of the molecule is CC(COCCOS(C)(=O)=O)OCCn1cc(-c2nn(C3CCCCO3)c3ccc(O[Si](C)(C)C(C)(C)C)cc23)cn1. The number of rotatable bonds is 14. The van der Waals surface area contributed by atoms with Crippen LogP contribution in [-0.2, 0) is 35.1 Å². The molecule has 0 spiro atoms. The minimum atomic E-state index is -3.46. The van der Waals surface area contributed by atoms with Gasteiger partial charge in [0.2, 0.25) is 8.32 Å². The molecule has 2 unspecified atom stereocenters. The van der Waals surface area contributed by atoms with E-state index in [2.05, 4.69) is 61.3 Å². The van der Waals surface area contributed by atoms with Crippen LogP contribution in [0.4, 0.5) is 0 Å². The topological polar surface area (TPSA) is 116 Å². The fraction of sp³-hybridized carbons (Fsp3) is 0.655. The molecule has 0 saturated carbocycles. The summed E-state index contributed by atoms with van der Waals surface area (Å²) in [5.74, 6) is 0.860. The van der Waals surface area contributed by atoms with Crippen LogP contribution in [0.3, 0.4) is 0 Å². The normalized spacial score (nSPS) is 17.5. The highest BCUT2D eigenvalue weighted by Gasteiger charge is 2.39. The lowest BCUT2D eigenvalue weighted by molar-refractivity contribution is -0.0365. The van der Waals surface area contributed by atoms with Gasteiger partial charge in [0, 0.05) is 23.8 Å². The number of fused-ring (bicyclic) bond motifs is 1. The van der Waals surface area contributed by atoms with Crippen LogP contribution < -0.4 is 4.43 Å². The van der Waals surface area contributed by atoms with Gasteiger partial charge in [-0.15, -0.1) is 0 Å². The van der Waals surface area contributed by atoms with Crippen LogP contribution in [0, 0.1) is 0 Å². The minimum absolute atomic E-state index is 0.0111. The van der Waals surface area contributed by atoms with Gasteiger partial charge in [-0.1, -0.05) is 20.8 Å². The molecule has 234 valence electrons. The van der Waals surface area contributed by atoms with Crippen molar-refractivity contribution in [2.24, 2.45) is 0 Å². The van der Waals surface area contributed by atoms with Crippen molar-refractivity contribution < 1.29 is 31.2 Å². The van der Waals surface area contributed by atoms with Crippen molar-refractivity contribution in [2.45, 2.75) is 84.0 Å². The fourth-order valence-electron chi connectivity index (χ4n) is 4.48. The van der Waals surface area contributed by atoms with Crippen LogP contribution in [0.15, 0.2) is 30.6 Å². The Morgan fingerprint density at radius 2 is 1.95 bits per heavy atom. The Kier molecular flexibility index (Phi) is 10.5. The minimum Gasteiger partial charge on any atom is -0.543 e. The Morgan fingerprint density at radius 1 is 1.17 bits per heavy atom. The largest absolute Gasteiger partial charge is 0.543 e. The molecule has 0 N–H and O–H groups in total. The van der Waals surface area contributed by atoms with Gasteiger partial charge in [0.1, 0.15) is 11.4 Å². The first-order valence-electron chi connectivity index (χ1n) is 14.6. The first-order chi connectivity index (χ1) is 19.7. The number of benzene rings is 1. The second-order valence-corrected chi connectivity index (χ2v) is 18.8. The molecule has 13 heteroatoms. The highest BCUT2D eigenvalue weighted by molar-refractivity contribution is 7.85. The Hall–Kier alpha value is -2.29. The molecule has 0 aliphatic carbocycles. The average molecular weight is 623 g/mol. The molecule has 0 bridgehead atoms. The van der Waals surface area contributed by atoms with Crippen molar-refractivity contribution in [3.05, 3.63) is 30.6 Å². The summed E-state index contributed by atoms with van der Waals surface area (Å²) in [6.45, 7) is 15.4. The van der Waals surface area contributed by atoms with E-state index in [0.29, 0.717) is 19.8 Å². The summed E-state index contributed by atoms with van der Waals surface area (Å²) in [4.78, 5) is 0. The van der Waals surface area contributed by atoms with E-state index in [9.17, 15) is 8.42 Å². The second-order valence-electron chi connectivity index (χ2n) is 12.4. The molecule has 1 aliphatic heterocycles. The summed E-state index contributed by atoms with van der Waals surface area (Å²) in [5, 5.41) is 10.7. The summed E-state index contributed by atoms with van der Waals surface area (Å²) in [6, 6.07) is 6.26. The van der Waals surface area contributed by atoms with Crippen molar-refractivity contribution in [2.75, 3.05) is 39.3 Å². The number of ether oxygens (including phenoxy) is 3. The van der Waals surface area contributed by atoms with Gasteiger partial charge in [-0.2, -0.15) is 18.6 Å². The van der Waals surface area contributed by atoms with Crippen molar-refractivity contribution in [1.82, 2.24) is 19.6 Å². The van der Waals surface area contributed by atoms with Gasteiger partial charge in [-0.25, -0.2) is 4.68 Å². The van der Waals surface area contributed by atoms with E-state index >= 15 is 0 Å². The van der Waals surface area contributed by atoms with Gasteiger partial charge in [-0.05, 0) is 62.5 Å². The fourth-order valence-corrected chi connectivity index (χ4v) is 5.87. The zero-order valence-electron chi connectivity index (χ0n) is 26.0. The maximum Gasteiger partial charge on any atom is 0.264 e. The van der Waals surface area contributed by atoms with Gasteiger partial charge in [0.15, 0.2) is 6.23 Å². The summed E-state index contributed by atoms with van der Waals surface area (Å²) >= 11 is 0. The molecular weight excluding hydrogens is 576 g/mol. The second kappa shape index (κ2) is 13.6. The van der Waals surface area contributed by atoms with Crippen LogP contribution in [0.2, 0.25) is 18.1 Å². The molecule has 11 nitrogen and oxygen atoms in total. The monoisotopic (exact) mass is 622 g/mol. The van der Waals surface area contributed by atoms with E-state index in [1.807, 2.05) is 28.7 Å². The van der Waals surface area contributed by atoms with E-state index in [1.54, 1.807) is 0 Å². The quantitative estimate of drug-likeness (QED) is 0.133. The van der Waals surface area contributed by atoms with Gasteiger partial charge in [-0.3, -0.25) is 8.86 Å². The number of nitrogens with zero attached hydrogens (tertiary/aromatic N) is 4. The maximum absolute atomic E-state index is 11.0. The van der Waals surface area contributed by atoms with Gasteiger partial charge in [0.25, 0.3) is 10.1 Å². The van der Waals surface area contributed by atoms with Gasteiger partial charge < -0.3 is 18.6 Å². The van der Waals surface area contributed by atoms with Gasteiger partial charge in [0.05, 0.1) is 57.0 Å². The molecule has 0 amide bonds. The van der Waals surface area contributed by atoms with E-state index in [1.165, 1.54) is 0 Å². The van der Waals surface area contributed by atoms with E-state index in [4.69, 9.17) is 23.7 Å². The Balaban J connectivity index is 1.45. The first kappa shape index (κ1) is 32.6. The number of hydrogen-bond donors (Lipinski definition) is 0. The van der Waals surface area contributed by atoms with Crippen molar-refractivity contribution in [1.29, 1.82) is 0 Å². The molecule has 1 saturated heterocycles. The third-order valence-corrected chi connectivity index (χ3v) is 12.7. The maximum atomic E-state index is 11.0. The van der Waals surface area contributed by atoms with Crippen molar-refractivity contribution in [3.8, 4) is 17.0 Å². The lowest BCUT2D eigenvalue weighted by Crippen LogP contribution is -2.43. The zero-order chi connectivity index (χ0) is 30.5. The first-order valence-corrected chi connectivity index (χ1v) is 19.4. The lowest BCUT2D eigenvalue weighted by atomic mass is 10.1. The summed E-state index contributed by atoms with van der Waals surface area (Å²) in [7, 11) is -5.48. The highest BCUT2D eigenvalue weighted by atomic mass is 32.2. The molecule has 3 heterocycles. The van der Waals surface area contributed by atoms with Crippen LogP contribution in [0.5, 0.6) is 5.75 Å². The Morgan fingerprint density at radius 3 is 2.64 bits per heavy atom. The average Bonchev–Trinajstić information content (AvgIpc) is 3.52. The van der Waals surface area contributed by atoms with Gasteiger partial charge >= 0.3 is 0 Å². The molecule has 0 radical (unpaired) electrons. The molecule has 1 aliphatic rings. The van der Waals surface area contributed by atoms with Crippen LogP contribution in [-0.4, -0.2) is 81.7 Å². The third kappa shape index (κ3) is 8.63. The van der Waals surface area contributed by atoms with E-state index in [-0.39, 0.29) is 30.6 Å². The van der Waals surface area contributed by atoms with E-state index in [0.717, 1.165) is 60.0 Å². The van der Waals surface area contributed by atoms with Crippen LogP contribution >= 0.6 is 0 Å². The lowest BCUT2D eigenvalue weighted by Gasteiger charge is -2.36. The Bertz CT molecular complexity index is 1430. The summed E-state index contributed by atoms with van der Waals surface area (Å²) in [5.41, 5.74) is 2.79. The molecule has 2 atom stereocenters. The predicted molar refractivity (Wildman–Crippen MR) is 165 cm³/mol. The van der Waals surface area contributed by atoms with E-state index < -0.39 is 18.4 Å². The summed E-state index contributed by atoms with van der Waals surface area (Å²) < 4.78 is 54.6. The van der Waals surface area contributed by atoms with Crippen LogP contribution in [0.25, 0.3) is 22.2 Å². The van der Waals surface area contributed by atoms with Crippen molar-refractivity contribution >= 4 is 29.3 Å². The van der Waals surface area contributed by atoms with Crippen molar-refractivity contribution in [3.63, 3.8) is 0 Å². The Labute approximate surface area is 250 Å². The molecule has 3 aromatic rings. The zero-order valence-corrected chi connectivity index (χ0v) is 27.8. The standard InChI is InChI=1S/C29H46N4O7SSi/c1-22(21-36-16-17-39-41(5,34)35)37-15-13-32-20-23(19-30-32)28-25-18-24(40-42(6,7)29(2,3)4)11-12-26(25)33(31-28)27-10-8-9-14-38-27/h11-12,18-20,22,27H,8-10,13-17,21H2,1-7H3. The molecule has 4 rings (SSSR count). The van der Waals surface area contributed by atoms with Crippen LogP contribution in [0.1, 0.15) is 53.2 Å². The third-order valence-electron chi connectivity index (χ3n) is 7.79. The molecular formula is C29H46N4O7SSi. The number of hydrogen-bond acceptors (Lipinski definition) is 9. The summed E-state index contributed by atoms with van der Waals surface area (Å²) in [6.07, 6.45) is 7.71. The highest BCUT2D eigenvalue weighted by Crippen LogP contribution is 2.39. The smallest absolute Gasteiger partial charge is 0.264 e. The number of aromatic nitrogens is 4. The molecule has 42 heavy (non-hydrogen) atoms.